The highest BCUT2D eigenvalue weighted by molar-refractivity contribution is 8.05. The van der Waals surface area contributed by atoms with Gasteiger partial charge in [0.2, 0.25) is 0 Å². The number of imidazole rings is 4. The van der Waals surface area contributed by atoms with Crippen LogP contribution in [-0.2, 0) is 81.7 Å². The molecule has 9 unspecified atom stereocenters. The Morgan fingerprint density at radius 2 is 0.740 bits per heavy atom. The van der Waals surface area contributed by atoms with Crippen molar-refractivity contribution in [1.82, 2.24) is 78.1 Å². The number of rotatable bonds is 30. The number of aromatic nitrogens is 16. The number of nitrogens with zero attached hydrogens (tertiary/aromatic N) is 16. The van der Waals surface area contributed by atoms with E-state index in [0.717, 1.165) is 16.7 Å². The van der Waals surface area contributed by atoms with E-state index < -0.39 is 170 Å². The van der Waals surface area contributed by atoms with Crippen LogP contribution in [0.3, 0.4) is 0 Å². The van der Waals surface area contributed by atoms with Crippen LogP contribution in [0.4, 0.5) is 23.3 Å². The molecule has 13 heterocycles. The van der Waals surface area contributed by atoms with E-state index in [1.807, 2.05) is 79.7 Å². The van der Waals surface area contributed by atoms with Gasteiger partial charge >= 0.3 is 52.6 Å². The molecule has 53 nitrogen and oxygen atoms in total. The molecule has 0 radical (unpaired) electrons. The van der Waals surface area contributed by atoms with E-state index in [2.05, 4.69) is 103 Å². The van der Waals surface area contributed by atoms with Gasteiger partial charge in [0, 0.05) is 26.2 Å². The van der Waals surface area contributed by atoms with Crippen molar-refractivity contribution in [3.05, 3.63) is 97.2 Å². The Labute approximate surface area is 705 Å². The van der Waals surface area contributed by atoms with Gasteiger partial charge in [-0.2, -0.15) is 8.62 Å². The van der Waals surface area contributed by atoms with E-state index in [-0.39, 0.29) is 18.9 Å². The Morgan fingerprint density at radius 1 is 0.439 bits per heavy atom. The van der Waals surface area contributed by atoms with Crippen molar-refractivity contribution in [2.45, 2.75) is 154 Å². The minimum Gasteiger partial charge on any atom is -0.394 e. The van der Waals surface area contributed by atoms with Gasteiger partial charge in [0.05, 0.1) is 51.7 Å². The molecule has 8 aromatic rings. The molecule has 5 fully saturated rings. The number of hydrogen-bond acceptors (Lipinski definition) is 43. The zero-order chi connectivity index (χ0) is 90.2. The summed E-state index contributed by atoms with van der Waals surface area (Å²) < 4.78 is 139. The molecular formula is C61H89Cl2N20O33P7. The predicted octanol–water partition coefficient (Wildman–Crippen LogP) is 3.73. The zero-order valence-corrected chi connectivity index (χ0v) is 73.4. The third kappa shape index (κ3) is 25.9. The summed E-state index contributed by atoms with van der Waals surface area (Å²) in [6, 6.07) is 0. The van der Waals surface area contributed by atoms with Gasteiger partial charge in [-0.1, -0.05) is 46.6 Å². The van der Waals surface area contributed by atoms with Crippen LogP contribution in [-0.4, -0.2) is 285 Å². The quantitative estimate of drug-likeness (QED) is 0.0225. The molecule has 0 bridgehead atoms. The summed E-state index contributed by atoms with van der Waals surface area (Å²) in [7, 11) is -31.1. The van der Waals surface area contributed by atoms with E-state index in [4.69, 9.17) is 60.3 Å². The van der Waals surface area contributed by atoms with E-state index in [1.54, 1.807) is 0 Å². The molecule has 0 aromatic carbocycles. The molecule has 5 aliphatic heterocycles. The Kier molecular flexibility index (Phi) is 33.1. The number of fused-ring (bicyclic) bond motifs is 4. The fourth-order valence-corrected chi connectivity index (χ4v) is 22.6. The van der Waals surface area contributed by atoms with Gasteiger partial charge in [-0.05, 0) is 77.9 Å². The molecule has 21 atom stereocenters. The van der Waals surface area contributed by atoms with Crippen molar-refractivity contribution in [2.24, 2.45) is 0 Å². The smallest absolute Gasteiger partial charge is 0.394 e. The second kappa shape index (κ2) is 41.3. The van der Waals surface area contributed by atoms with Crippen LogP contribution in [0, 0.1) is 0 Å². The first-order valence-corrected chi connectivity index (χ1v) is 49.1. The Morgan fingerprint density at radius 3 is 1.02 bits per heavy atom. The normalized spacial score (nSPS) is 29.2. The average Bonchev–Trinajstić information content (AvgIpc) is 1.11. The summed E-state index contributed by atoms with van der Waals surface area (Å²) in [6.07, 6.45) is -5.24. The van der Waals surface area contributed by atoms with Gasteiger partial charge in [0.25, 0.3) is 0 Å². The maximum absolute atomic E-state index is 12.6. The highest BCUT2D eigenvalue weighted by Gasteiger charge is 2.55. The van der Waals surface area contributed by atoms with E-state index in [0.29, 0.717) is 88.5 Å². The van der Waals surface area contributed by atoms with Crippen LogP contribution >= 0.6 is 75.0 Å². The van der Waals surface area contributed by atoms with Crippen LogP contribution in [0.1, 0.15) is 80.3 Å². The standard InChI is InChI=1S/C16H24N5O11P3.C15H20Cl2N5O5P.C15H24N5O13P3.C15H21N5O4/c1-9(2)3-4-17-14-11-15(19-6-18-14)21(7-20-11)16-13(23)12(22)10(30-16)5-29-34(26)8-33(24,25)31-35(27,28)32-34;1-8(2)3-4-18-13-10-14(20-6-19-13)22(7-21-10)15-12(24)11(23)9(27-15)5-26-28(16,17)25;1-8(2)3-4-16-13-10-14(18-6-17-13)20(7-19-10)15-12(22)11(21)9(31-15)5-30-35(26,27)33-36(28,29)32-34(23,24)25;1-8(2)3-4-16-13-10-14(18-6-17-13)20(7-19-10)15-12(23)11(22)9(5-21)24-15/h3,6-7,10,12-13,16,22-23H,4-5,8H2,1-2H3,(H,24,25)(H,27,28)(H,17,18,19);3,6-7,9,11-12,15,23-24H,4-5H2,1-2H3,(H,18,19,20);3,6-7,9,11-12,15,21-22H,4-5H2,1-2H3,(H,26,27)(H,28,29)(H,16,17,18)(H2,23,24,25);3,6-7,9,11-12,15,21-23H,4-5H2,1-2H3,(H,16,17,18)/t10-,12?,13+,16-,34?;3*9-,11?,12+,15-/m1111/s1. The second-order valence-corrected chi connectivity index (χ2v) is 42.9. The van der Waals surface area contributed by atoms with Crippen molar-refractivity contribution < 1.29 is 157 Å². The fraction of sp³-hybridized carbons (Fsp3) is 0.541. The molecule has 680 valence electrons. The number of nitrogens with one attached hydrogen (secondary N) is 4. The van der Waals surface area contributed by atoms with Crippen LogP contribution in [0.15, 0.2) is 97.2 Å². The minimum absolute atomic E-state index is 0.231. The van der Waals surface area contributed by atoms with E-state index >= 15 is 0 Å². The van der Waals surface area contributed by atoms with Gasteiger partial charge in [-0.25, -0.2) is 86.7 Å². The fourth-order valence-electron chi connectivity index (χ4n) is 12.0. The number of aliphatic hydroxyl groups excluding tert-OH is 9. The van der Waals surface area contributed by atoms with Gasteiger partial charge in [0.1, 0.15) is 98.6 Å². The highest BCUT2D eigenvalue weighted by atomic mass is 35.9. The first kappa shape index (κ1) is 98.7. The molecule has 0 saturated carbocycles. The van der Waals surface area contributed by atoms with E-state index in [9.17, 15) is 97.5 Å². The van der Waals surface area contributed by atoms with Crippen molar-refractivity contribution in [1.29, 1.82) is 0 Å². The summed E-state index contributed by atoms with van der Waals surface area (Å²) in [4.78, 5) is 105. The number of halogens is 2. The second-order valence-electron chi connectivity index (χ2n) is 28.1. The van der Waals surface area contributed by atoms with Crippen molar-refractivity contribution in [3.63, 3.8) is 0 Å². The Bertz CT molecular complexity index is 5490. The van der Waals surface area contributed by atoms with Crippen LogP contribution < -0.4 is 21.3 Å². The van der Waals surface area contributed by atoms with Gasteiger partial charge in [0.15, 0.2) is 98.7 Å². The summed E-state index contributed by atoms with van der Waals surface area (Å²) >= 11 is 10.7. The lowest BCUT2D eigenvalue weighted by atomic mass is 10.1. The molecule has 13 rings (SSSR count). The average molecular weight is 1920 g/mol. The molecule has 5 aliphatic rings. The van der Waals surface area contributed by atoms with E-state index in [1.165, 1.54) is 74.5 Å². The van der Waals surface area contributed by atoms with Crippen molar-refractivity contribution in [3.8, 4) is 0 Å². The summed E-state index contributed by atoms with van der Waals surface area (Å²) in [5.74, 6) is 0.761. The molecule has 123 heavy (non-hydrogen) atoms. The molecule has 0 amide bonds. The highest BCUT2D eigenvalue weighted by Crippen LogP contribution is 2.79. The van der Waals surface area contributed by atoms with Crippen molar-refractivity contribution in [2.75, 3.05) is 79.8 Å². The summed E-state index contributed by atoms with van der Waals surface area (Å²) in [5, 5.41) is 104. The number of hydrogen-bond donors (Lipinski definition) is 19. The SMILES string of the molecule is CC(C)=CCNc1ncnc2c1ncn2[C@@H]1O[C@H](CO)C(O)[C@@H]1O.CC(C)=CCNc1ncnc2c1ncn2[C@@H]1O[C@H](COP(=O)(Cl)Cl)C(O)[C@@H]1O.CC(C)=CCNc1ncnc2c1ncn2[C@@H]1O[C@H](COP(=O)(O)OP(=O)(O)OP(=O)(O)O)C(O)[C@@H]1O.CC(C)=CCNc1ncnc2c1ncn2[C@@H]1O[C@H](COP2(=O)CP(=O)(O)OP(=O)(O)O2)C(O)[C@@H]1O. The molecule has 0 spiro atoms. The van der Waals surface area contributed by atoms with Crippen LogP contribution in [0.2, 0.25) is 0 Å². The van der Waals surface area contributed by atoms with Crippen molar-refractivity contribution >= 4 is 143 Å². The van der Waals surface area contributed by atoms with Crippen LogP contribution in [0.5, 0.6) is 0 Å². The lowest BCUT2D eigenvalue weighted by Crippen LogP contribution is -2.33. The molecule has 19 N–H and O–H groups in total. The van der Waals surface area contributed by atoms with Gasteiger partial charge in [-0.3, -0.25) is 36.5 Å². The molecular weight excluding hydrogens is 1830 g/mol. The van der Waals surface area contributed by atoms with Crippen LogP contribution in [0.25, 0.3) is 44.7 Å². The van der Waals surface area contributed by atoms with Gasteiger partial charge in [-0.15, -0.1) is 0 Å². The molecule has 0 aliphatic carbocycles. The number of anilines is 4. The third-order valence-electron chi connectivity index (χ3n) is 17.6. The molecule has 5 saturated heterocycles. The first-order chi connectivity index (χ1) is 57.6. The number of aliphatic hydroxyl groups is 9. The number of phosphoric acid groups is 4. The molecule has 62 heteroatoms. The monoisotopic (exact) mass is 1920 g/mol. The van der Waals surface area contributed by atoms with Gasteiger partial charge < -0.3 is 125 Å². The first-order valence-electron chi connectivity index (χ1n) is 36.2. The Hall–Kier alpha value is -6.49. The largest absolute Gasteiger partial charge is 0.490 e. The minimum atomic E-state index is -5.71. The Balaban J connectivity index is 0.000000174. The number of allylic oxidation sites excluding steroid dienone is 4. The lowest BCUT2D eigenvalue weighted by molar-refractivity contribution is -0.0511. The molecule has 8 aromatic heterocycles. The zero-order valence-electron chi connectivity index (χ0n) is 65.6. The predicted molar refractivity (Wildman–Crippen MR) is 429 cm³/mol. The summed E-state index contributed by atoms with van der Waals surface area (Å²) in [6.45, 7) is 15.5. The number of ether oxygens (including phenoxy) is 4. The maximum atomic E-state index is 12.6. The third-order valence-corrected chi connectivity index (χ3v) is 29.5. The summed E-state index contributed by atoms with van der Waals surface area (Å²) in [5.41, 5.74) is 7.68. The number of phosphoric ester groups is 1. The maximum Gasteiger partial charge on any atom is 0.490 e. The topological polar surface area (TPSA) is 747 Å². The lowest BCUT2D eigenvalue weighted by Gasteiger charge is -2.28.